The molecule has 3 heteroatoms. The second kappa shape index (κ2) is 6.49. The minimum atomic E-state index is -0.428. The van der Waals surface area contributed by atoms with E-state index in [0.29, 0.717) is 0 Å². The van der Waals surface area contributed by atoms with Gasteiger partial charge < -0.3 is 9.84 Å². The molecule has 1 spiro atoms. The van der Waals surface area contributed by atoms with Gasteiger partial charge in [-0.3, -0.25) is 0 Å². The number of rotatable bonds is 2. The van der Waals surface area contributed by atoms with Crippen LogP contribution in [-0.2, 0) is 12.0 Å². The van der Waals surface area contributed by atoms with E-state index < -0.39 is 5.41 Å². The lowest BCUT2D eigenvalue weighted by molar-refractivity contribution is 0.281. The van der Waals surface area contributed by atoms with Crippen molar-refractivity contribution in [1.29, 1.82) is 0 Å². The van der Waals surface area contributed by atoms with Crippen LogP contribution in [0.2, 0.25) is 0 Å². The van der Waals surface area contributed by atoms with Crippen molar-refractivity contribution in [3.63, 3.8) is 0 Å². The normalized spacial score (nSPS) is 14.6. The van der Waals surface area contributed by atoms with Gasteiger partial charge in [0.05, 0.1) is 19.1 Å². The van der Waals surface area contributed by atoms with Gasteiger partial charge in [0.1, 0.15) is 5.75 Å². The zero-order chi connectivity index (χ0) is 20.3. The molecule has 30 heavy (non-hydrogen) atoms. The van der Waals surface area contributed by atoms with Gasteiger partial charge in [0.2, 0.25) is 0 Å². The van der Waals surface area contributed by atoms with Crippen LogP contribution in [0.15, 0.2) is 94.7 Å². The molecule has 2 nitrogen and oxygen atoms in total. The quantitative estimate of drug-likeness (QED) is 0.380. The molecule has 4 aromatic rings. The van der Waals surface area contributed by atoms with Crippen molar-refractivity contribution >= 4 is 11.8 Å². The summed E-state index contributed by atoms with van der Waals surface area (Å²) in [5, 5.41) is 9.92. The summed E-state index contributed by atoms with van der Waals surface area (Å²) < 4.78 is 5.65. The Balaban J connectivity index is 1.83. The second-order valence-electron chi connectivity index (χ2n) is 7.79. The van der Waals surface area contributed by atoms with Crippen LogP contribution in [0.1, 0.15) is 27.8 Å². The maximum absolute atomic E-state index is 9.92. The third-order valence-electron chi connectivity index (χ3n) is 6.39. The molecule has 1 N–H and O–H groups in total. The van der Waals surface area contributed by atoms with Crippen LogP contribution in [-0.4, -0.2) is 12.2 Å². The molecule has 0 amide bonds. The van der Waals surface area contributed by atoms with Gasteiger partial charge in [-0.05, 0) is 63.2 Å². The molecule has 1 heterocycles. The number of benzene rings is 4. The topological polar surface area (TPSA) is 29.5 Å². The summed E-state index contributed by atoms with van der Waals surface area (Å²) in [7, 11) is 1.72. The van der Waals surface area contributed by atoms with Gasteiger partial charge in [0.15, 0.2) is 0 Å². The molecule has 6 rings (SSSR count). The second-order valence-corrected chi connectivity index (χ2v) is 8.88. The number of aliphatic hydroxyl groups excluding tert-OH is 1. The third-order valence-corrected chi connectivity index (χ3v) is 7.55. The van der Waals surface area contributed by atoms with Crippen LogP contribution in [0.3, 0.4) is 0 Å². The number of methoxy groups -OCH3 is 1. The molecular formula is C27H20O2S. The van der Waals surface area contributed by atoms with Gasteiger partial charge >= 0.3 is 0 Å². The van der Waals surface area contributed by atoms with Crippen molar-refractivity contribution in [2.24, 2.45) is 0 Å². The predicted octanol–water partition coefficient (Wildman–Crippen LogP) is 6.02. The number of hydrogen-bond acceptors (Lipinski definition) is 3. The van der Waals surface area contributed by atoms with Crippen LogP contribution in [0.4, 0.5) is 0 Å². The van der Waals surface area contributed by atoms with Crippen molar-refractivity contribution in [3.8, 4) is 16.9 Å². The van der Waals surface area contributed by atoms with Crippen LogP contribution < -0.4 is 4.74 Å². The molecule has 0 aromatic heterocycles. The van der Waals surface area contributed by atoms with Gasteiger partial charge in [-0.15, -0.1) is 0 Å². The molecule has 2 aliphatic rings. The molecule has 0 saturated heterocycles. The summed E-state index contributed by atoms with van der Waals surface area (Å²) in [4.78, 5) is 2.54. The van der Waals surface area contributed by atoms with Crippen LogP contribution in [0, 0.1) is 0 Å². The van der Waals surface area contributed by atoms with E-state index in [1.807, 2.05) is 23.9 Å². The summed E-state index contributed by atoms with van der Waals surface area (Å²) in [6.07, 6.45) is 0. The lowest BCUT2D eigenvalue weighted by Gasteiger charge is -2.39. The molecule has 0 fully saturated rings. The van der Waals surface area contributed by atoms with Gasteiger partial charge in [-0.1, -0.05) is 72.4 Å². The van der Waals surface area contributed by atoms with E-state index in [1.54, 1.807) is 7.11 Å². The van der Waals surface area contributed by atoms with E-state index in [1.165, 1.54) is 43.2 Å². The van der Waals surface area contributed by atoms with Gasteiger partial charge in [0, 0.05) is 9.79 Å². The number of fused-ring (bicyclic) bond motifs is 9. The van der Waals surface area contributed by atoms with Crippen molar-refractivity contribution < 1.29 is 9.84 Å². The van der Waals surface area contributed by atoms with Crippen molar-refractivity contribution in [2.45, 2.75) is 21.8 Å². The summed E-state index contributed by atoms with van der Waals surface area (Å²) in [5.74, 6) is 0.858. The summed E-state index contributed by atoms with van der Waals surface area (Å²) >= 11 is 1.83. The van der Waals surface area contributed by atoms with Crippen molar-refractivity contribution in [2.75, 3.05) is 7.11 Å². The average molecular weight is 409 g/mol. The number of hydrogen-bond donors (Lipinski definition) is 1. The molecule has 0 atom stereocenters. The molecule has 4 aromatic carbocycles. The van der Waals surface area contributed by atoms with Gasteiger partial charge in [-0.2, -0.15) is 0 Å². The van der Waals surface area contributed by atoms with Crippen molar-refractivity contribution in [1.82, 2.24) is 0 Å². The Kier molecular flexibility index (Phi) is 3.86. The standard InChI is InChI=1S/C27H20O2S/c1-29-18-11-13-20-19-12-10-17(16-28)14-23(19)27(24(20)15-18)21-6-2-4-8-25(21)30-26-9-5-3-7-22(26)27/h2-15,28H,16H2,1H3. The summed E-state index contributed by atoms with van der Waals surface area (Å²) in [6.45, 7) is 0.0288. The van der Waals surface area contributed by atoms with E-state index in [0.717, 1.165) is 11.3 Å². The SMILES string of the molecule is COc1ccc2c(c1)C1(c3ccccc3Sc3ccccc31)c1cc(CO)ccc1-2. The van der Waals surface area contributed by atoms with E-state index in [4.69, 9.17) is 4.74 Å². The fourth-order valence-corrected chi connectivity index (χ4v) is 6.34. The van der Waals surface area contributed by atoms with E-state index in [9.17, 15) is 5.11 Å². The monoisotopic (exact) mass is 408 g/mol. The predicted molar refractivity (Wildman–Crippen MR) is 120 cm³/mol. The average Bonchev–Trinajstić information content (AvgIpc) is 3.09. The summed E-state index contributed by atoms with van der Waals surface area (Å²) in [5.41, 5.74) is 8.01. The van der Waals surface area contributed by atoms with Crippen LogP contribution in [0.25, 0.3) is 11.1 Å². The van der Waals surface area contributed by atoms with Crippen LogP contribution in [0.5, 0.6) is 5.75 Å². The largest absolute Gasteiger partial charge is 0.497 e. The fraction of sp³-hybridized carbons (Fsp3) is 0.111. The van der Waals surface area contributed by atoms with E-state index in [2.05, 4.69) is 72.8 Å². The number of aliphatic hydroxyl groups is 1. The maximum atomic E-state index is 9.92. The Morgan fingerprint density at radius 1 is 0.733 bits per heavy atom. The van der Waals surface area contributed by atoms with Crippen LogP contribution >= 0.6 is 11.8 Å². The Hall–Kier alpha value is -3.01. The van der Waals surface area contributed by atoms with Crippen molar-refractivity contribution in [3.05, 3.63) is 113 Å². The highest BCUT2D eigenvalue weighted by Gasteiger charge is 2.50. The Bertz CT molecular complexity index is 1210. The van der Waals surface area contributed by atoms with Gasteiger partial charge in [-0.25, -0.2) is 0 Å². The molecule has 0 bridgehead atoms. The highest BCUT2D eigenvalue weighted by molar-refractivity contribution is 7.99. The van der Waals surface area contributed by atoms with E-state index in [-0.39, 0.29) is 6.61 Å². The molecule has 0 saturated carbocycles. The zero-order valence-electron chi connectivity index (χ0n) is 16.6. The molecule has 146 valence electrons. The maximum Gasteiger partial charge on any atom is 0.119 e. The molecule has 1 aliphatic heterocycles. The molecular weight excluding hydrogens is 388 g/mol. The Morgan fingerprint density at radius 2 is 1.33 bits per heavy atom. The first-order valence-corrected chi connectivity index (χ1v) is 10.9. The first-order valence-electron chi connectivity index (χ1n) is 10.1. The zero-order valence-corrected chi connectivity index (χ0v) is 17.4. The minimum Gasteiger partial charge on any atom is -0.497 e. The fourth-order valence-electron chi connectivity index (χ4n) is 5.15. The Morgan fingerprint density at radius 3 is 1.97 bits per heavy atom. The first kappa shape index (κ1) is 17.8. The lowest BCUT2D eigenvalue weighted by Crippen LogP contribution is -2.32. The molecule has 0 radical (unpaired) electrons. The highest BCUT2D eigenvalue weighted by atomic mass is 32.2. The summed E-state index contributed by atoms with van der Waals surface area (Å²) in [6, 6.07) is 30.2. The molecule has 1 aliphatic carbocycles. The third kappa shape index (κ3) is 2.19. The van der Waals surface area contributed by atoms with Gasteiger partial charge in [0.25, 0.3) is 0 Å². The van der Waals surface area contributed by atoms with E-state index >= 15 is 0 Å². The smallest absolute Gasteiger partial charge is 0.119 e. The Labute approximate surface area is 180 Å². The highest BCUT2D eigenvalue weighted by Crippen LogP contribution is 2.62. The first-order chi connectivity index (χ1) is 14.8. The lowest BCUT2D eigenvalue weighted by atomic mass is 9.67. The number of ether oxygens (including phenoxy) is 1. The minimum absolute atomic E-state index is 0.0288. The molecule has 0 unspecified atom stereocenters.